The smallest absolute Gasteiger partial charge is 0.0995 e. The zero-order valence-electron chi connectivity index (χ0n) is 10.1. The summed E-state index contributed by atoms with van der Waals surface area (Å²) in [4.78, 5) is 0. The van der Waals surface area contributed by atoms with E-state index < -0.39 is 0 Å². The summed E-state index contributed by atoms with van der Waals surface area (Å²) in [5, 5.41) is 12.4. The van der Waals surface area contributed by atoms with Gasteiger partial charge in [0.2, 0.25) is 0 Å². The molecule has 0 atom stereocenters. The number of nitrogens with one attached hydrogen (secondary N) is 1. The van der Waals surface area contributed by atoms with Gasteiger partial charge in [-0.1, -0.05) is 30.3 Å². The lowest BCUT2D eigenvalue weighted by molar-refractivity contribution is 1.13. The third-order valence-corrected chi connectivity index (χ3v) is 3.85. The van der Waals surface area contributed by atoms with Crippen LogP contribution in [0.15, 0.2) is 46.9 Å². The number of hydrogen-bond acceptors (Lipinski definition) is 2. The SMILES string of the molecule is Cc1cccc(NCc2ccccc2C#N)c1Br. The summed E-state index contributed by atoms with van der Waals surface area (Å²) in [7, 11) is 0. The van der Waals surface area contributed by atoms with Crippen LogP contribution in [0.1, 0.15) is 16.7 Å². The second kappa shape index (κ2) is 5.70. The van der Waals surface area contributed by atoms with Crippen molar-refractivity contribution in [2.45, 2.75) is 13.5 Å². The number of anilines is 1. The minimum Gasteiger partial charge on any atom is -0.380 e. The fourth-order valence-corrected chi connectivity index (χ4v) is 2.16. The highest BCUT2D eigenvalue weighted by Crippen LogP contribution is 2.26. The van der Waals surface area contributed by atoms with Gasteiger partial charge >= 0.3 is 0 Å². The molecule has 0 saturated heterocycles. The molecule has 90 valence electrons. The van der Waals surface area contributed by atoms with E-state index in [4.69, 9.17) is 5.26 Å². The normalized spacial score (nSPS) is 9.83. The molecule has 0 bridgehead atoms. The maximum absolute atomic E-state index is 9.03. The molecule has 1 N–H and O–H groups in total. The molecule has 0 heterocycles. The molecule has 2 nitrogen and oxygen atoms in total. The maximum Gasteiger partial charge on any atom is 0.0995 e. The van der Waals surface area contributed by atoms with Crippen molar-refractivity contribution < 1.29 is 0 Å². The molecule has 3 heteroatoms. The second-order valence-corrected chi connectivity index (χ2v) is 4.85. The maximum atomic E-state index is 9.03. The molecule has 0 radical (unpaired) electrons. The molecule has 2 aromatic carbocycles. The Kier molecular flexibility index (Phi) is 4.01. The summed E-state index contributed by atoms with van der Waals surface area (Å²) in [6.07, 6.45) is 0. The van der Waals surface area contributed by atoms with Crippen LogP contribution in [0.5, 0.6) is 0 Å². The van der Waals surface area contributed by atoms with Crippen LogP contribution in [0, 0.1) is 18.3 Å². The van der Waals surface area contributed by atoms with E-state index >= 15 is 0 Å². The molecule has 0 aliphatic rings. The van der Waals surface area contributed by atoms with E-state index in [2.05, 4.69) is 40.3 Å². The largest absolute Gasteiger partial charge is 0.380 e. The first kappa shape index (κ1) is 12.7. The number of hydrogen-bond donors (Lipinski definition) is 1. The molecule has 2 aromatic rings. The van der Waals surface area contributed by atoms with Gasteiger partial charge in [-0.2, -0.15) is 5.26 Å². The summed E-state index contributed by atoms with van der Waals surface area (Å²) < 4.78 is 1.07. The second-order valence-electron chi connectivity index (χ2n) is 4.06. The number of rotatable bonds is 3. The Morgan fingerprint density at radius 2 is 1.94 bits per heavy atom. The van der Waals surface area contributed by atoms with E-state index in [0.717, 1.165) is 15.7 Å². The highest BCUT2D eigenvalue weighted by Gasteiger charge is 2.04. The zero-order valence-corrected chi connectivity index (χ0v) is 11.7. The molecule has 0 aliphatic carbocycles. The standard InChI is InChI=1S/C15H13BrN2/c1-11-5-4-8-14(15(11)16)18-10-13-7-3-2-6-12(13)9-17/h2-8,18H,10H2,1H3. The predicted molar refractivity (Wildman–Crippen MR) is 77.4 cm³/mol. The number of benzene rings is 2. The van der Waals surface area contributed by atoms with Gasteiger partial charge in [-0.25, -0.2) is 0 Å². The lowest BCUT2D eigenvalue weighted by Gasteiger charge is -2.11. The average molecular weight is 301 g/mol. The molecule has 0 aromatic heterocycles. The van der Waals surface area contributed by atoms with E-state index in [-0.39, 0.29) is 0 Å². The molecule has 0 amide bonds. The van der Waals surface area contributed by atoms with Crippen molar-refractivity contribution in [1.29, 1.82) is 5.26 Å². The van der Waals surface area contributed by atoms with Gasteiger partial charge < -0.3 is 5.32 Å². The Morgan fingerprint density at radius 3 is 2.72 bits per heavy atom. The summed E-state index contributed by atoms with van der Waals surface area (Å²) >= 11 is 3.56. The Morgan fingerprint density at radius 1 is 1.17 bits per heavy atom. The van der Waals surface area contributed by atoms with Crippen molar-refractivity contribution in [3.05, 3.63) is 63.6 Å². The molecule has 0 unspecified atom stereocenters. The summed E-state index contributed by atoms with van der Waals surface area (Å²) in [5.74, 6) is 0. The van der Waals surface area contributed by atoms with Crippen molar-refractivity contribution in [2.75, 3.05) is 5.32 Å². The zero-order chi connectivity index (χ0) is 13.0. The van der Waals surface area contributed by atoms with Crippen LogP contribution in [0.4, 0.5) is 5.69 Å². The number of nitrogens with zero attached hydrogens (tertiary/aromatic N) is 1. The Hall–Kier alpha value is -1.79. The van der Waals surface area contributed by atoms with Crippen molar-refractivity contribution in [3.8, 4) is 6.07 Å². The van der Waals surface area contributed by atoms with E-state index in [1.807, 2.05) is 36.4 Å². The fraction of sp³-hybridized carbons (Fsp3) is 0.133. The topological polar surface area (TPSA) is 35.8 Å². The Bertz CT molecular complexity index is 600. The van der Waals surface area contributed by atoms with Gasteiger partial charge in [-0.15, -0.1) is 0 Å². The van der Waals surface area contributed by atoms with E-state index in [0.29, 0.717) is 12.1 Å². The highest BCUT2D eigenvalue weighted by atomic mass is 79.9. The first-order chi connectivity index (χ1) is 8.72. The van der Waals surface area contributed by atoms with Crippen LogP contribution < -0.4 is 5.32 Å². The molecular formula is C15H13BrN2. The molecule has 18 heavy (non-hydrogen) atoms. The van der Waals surface area contributed by atoms with Gasteiger partial charge in [0, 0.05) is 16.7 Å². The fourth-order valence-electron chi connectivity index (χ4n) is 1.76. The molecule has 0 fully saturated rings. The quantitative estimate of drug-likeness (QED) is 0.920. The van der Waals surface area contributed by atoms with Gasteiger partial charge in [0.15, 0.2) is 0 Å². The first-order valence-corrected chi connectivity index (χ1v) is 6.48. The van der Waals surface area contributed by atoms with Gasteiger partial charge in [0.05, 0.1) is 11.6 Å². The molecule has 0 spiro atoms. The molecule has 0 saturated carbocycles. The Labute approximate surface area is 115 Å². The van der Waals surface area contributed by atoms with Crippen molar-refractivity contribution in [1.82, 2.24) is 0 Å². The minimum absolute atomic E-state index is 0.645. The van der Waals surface area contributed by atoms with Crippen molar-refractivity contribution in [2.24, 2.45) is 0 Å². The van der Waals surface area contributed by atoms with Crippen molar-refractivity contribution in [3.63, 3.8) is 0 Å². The molecule has 2 rings (SSSR count). The number of nitriles is 1. The van der Waals surface area contributed by atoms with Gasteiger partial charge in [0.25, 0.3) is 0 Å². The Balaban J connectivity index is 2.17. The first-order valence-electron chi connectivity index (χ1n) is 5.69. The summed E-state index contributed by atoms with van der Waals surface area (Å²) in [6.45, 7) is 2.70. The summed E-state index contributed by atoms with van der Waals surface area (Å²) in [5.41, 5.74) is 3.96. The van der Waals surface area contributed by atoms with Gasteiger partial charge in [-0.05, 0) is 46.1 Å². The lowest BCUT2D eigenvalue weighted by atomic mass is 10.1. The molecular weight excluding hydrogens is 288 g/mol. The van der Waals surface area contributed by atoms with Gasteiger partial charge in [-0.3, -0.25) is 0 Å². The van der Waals surface area contributed by atoms with Crippen LogP contribution in [0.2, 0.25) is 0 Å². The highest BCUT2D eigenvalue weighted by molar-refractivity contribution is 9.10. The average Bonchev–Trinajstić information content (AvgIpc) is 2.41. The lowest BCUT2D eigenvalue weighted by Crippen LogP contribution is -2.02. The minimum atomic E-state index is 0.645. The number of halogens is 1. The monoisotopic (exact) mass is 300 g/mol. The van der Waals surface area contributed by atoms with Crippen LogP contribution in [0.3, 0.4) is 0 Å². The molecule has 0 aliphatic heterocycles. The van der Waals surface area contributed by atoms with E-state index in [1.54, 1.807) is 0 Å². The number of aryl methyl sites for hydroxylation is 1. The van der Waals surface area contributed by atoms with Crippen LogP contribution >= 0.6 is 15.9 Å². The third kappa shape index (κ3) is 2.72. The van der Waals surface area contributed by atoms with Crippen molar-refractivity contribution >= 4 is 21.6 Å². The van der Waals surface area contributed by atoms with Crippen LogP contribution in [-0.4, -0.2) is 0 Å². The van der Waals surface area contributed by atoms with Crippen LogP contribution in [-0.2, 0) is 6.54 Å². The van der Waals surface area contributed by atoms with Crippen LogP contribution in [0.25, 0.3) is 0 Å². The van der Waals surface area contributed by atoms with E-state index in [1.165, 1.54) is 5.56 Å². The van der Waals surface area contributed by atoms with Gasteiger partial charge in [0.1, 0.15) is 0 Å². The summed E-state index contributed by atoms with van der Waals surface area (Å²) in [6, 6.07) is 15.9. The van der Waals surface area contributed by atoms with E-state index in [9.17, 15) is 0 Å². The predicted octanol–water partition coefficient (Wildman–Crippen LogP) is 4.24. The third-order valence-electron chi connectivity index (χ3n) is 2.80.